The number of amides is 1. The van der Waals surface area contributed by atoms with Gasteiger partial charge in [0.1, 0.15) is 29.1 Å². The Bertz CT molecular complexity index is 1190. The third kappa shape index (κ3) is 4.35. The van der Waals surface area contributed by atoms with E-state index in [-0.39, 0.29) is 12.5 Å². The molecule has 2 N–H and O–H groups in total. The van der Waals surface area contributed by atoms with Gasteiger partial charge in [-0.25, -0.2) is 4.68 Å². The highest BCUT2D eigenvalue weighted by Gasteiger charge is 2.22. The zero-order valence-electron chi connectivity index (χ0n) is 17.7. The molecule has 0 fully saturated rings. The normalized spacial score (nSPS) is 11.7. The molecule has 0 spiro atoms. The molecule has 8 heteroatoms. The maximum absolute atomic E-state index is 13.1. The molecule has 2 heterocycles. The summed E-state index contributed by atoms with van der Waals surface area (Å²) in [7, 11) is 3.12. The Labute approximate surface area is 185 Å². The lowest BCUT2D eigenvalue weighted by atomic mass is 10.1. The van der Waals surface area contributed by atoms with Crippen LogP contribution in [0.3, 0.4) is 0 Å². The number of carbonyl (C=O) groups excluding carboxylic acids is 1. The van der Waals surface area contributed by atoms with E-state index in [9.17, 15) is 9.90 Å². The molecule has 0 radical (unpaired) electrons. The number of rotatable bonds is 8. The molecule has 1 amide bonds. The number of hydrogen-bond donors (Lipinski definition) is 2. The van der Waals surface area contributed by atoms with Crippen molar-refractivity contribution in [1.29, 1.82) is 0 Å². The molecular weight excluding hydrogens is 410 g/mol. The van der Waals surface area contributed by atoms with Gasteiger partial charge in [-0.15, -0.1) is 0 Å². The molecule has 0 aliphatic heterocycles. The van der Waals surface area contributed by atoms with Crippen molar-refractivity contribution in [2.24, 2.45) is 0 Å². The Morgan fingerprint density at radius 1 is 1.12 bits per heavy atom. The second-order valence-corrected chi connectivity index (χ2v) is 6.98. The predicted molar refractivity (Wildman–Crippen MR) is 118 cm³/mol. The van der Waals surface area contributed by atoms with Crippen LogP contribution in [0.15, 0.2) is 77.5 Å². The third-order valence-corrected chi connectivity index (χ3v) is 4.97. The fraction of sp³-hybridized carbons (Fsp3) is 0.167. The molecule has 4 aromatic rings. The molecule has 0 aliphatic carbocycles. The molecule has 2 aromatic heterocycles. The van der Waals surface area contributed by atoms with Crippen molar-refractivity contribution in [3.05, 3.63) is 84.4 Å². The summed E-state index contributed by atoms with van der Waals surface area (Å²) in [6.45, 7) is -0.0119. The van der Waals surface area contributed by atoms with E-state index >= 15 is 0 Å². The fourth-order valence-electron chi connectivity index (χ4n) is 3.31. The number of hydrogen-bond acceptors (Lipinski definition) is 6. The van der Waals surface area contributed by atoms with Crippen molar-refractivity contribution in [3.63, 3.8) is 0 Å². The number of methoxy groups -OCH3 is 2. The standard InChI is InChI=1S/C24H23N3O5/c1-30-17-10-11-18(22(13-17)31-2)23-19(15-27(26-23)16-7-4-3-5-8-16)24(29)25-14-20(28)21-9-6-12-32-21/h3-13,15,20,28H,14H2,1-2H3,(H,25,29). The van der Waals surface area contributed by atoms with Gasteiger partial charge in [-0.1, -0.05) is 18.2 Å². The average Bonchev–Trinajstić information content (AvgIpc) is 3.53. The smallest absolute Gasteiger partial charge is 0.255 e. The summed E-state index contributed by atoms with van der Waals surface area (Å²) in [5.41, 5.74) is 2.22. The molecule has 164 valence electrons. The van der Waals surface area contributed by atoms with Crippen LogP contribution in [0.5, 0.6) is 11.5 Å². The Morgan fingerprint density at radius 3 is 2.62 bits per heavy atom. The molecule has 4 rings (SSSR count). The van der Waals surface area contributed by atoms with Crippen LogP contribution < -0.4 is 14.8 Å². The summed E-state index contributed by atoms with van der Waals surface area (Å²) in [6, 6.07) is 18.1. The number of nitrogens with one attached hydrogen (secondary N) is 1. The monoisotopic (exact) mass is 433 g/mol. The average molecular weight is 433 g/mol. The number of nitrogens with zero attached hydrogens (tertiary/aromatic N) is 2. The van der Waals surface area contributed by atoms with Crippen LogP contribution in [0.1, 0.15) is 22.2 Å². The number of benzene rings is 2. The molecule has 2 aromatic carbocycles. The number of ether oxygens (including phenoxy) is 2. The van der Waals surface area contributed by atoms with Crippen LogP contribution in [0.2, 0.25) is 0 Å². The molecule has 8 nitrogen and oxygen atoms in total. The lowest BCUT2D eigenvalue weighted by Gasteiger charge is -2.11. The topological polar surface area (TPSA) is 98.8 Å². The Hall–Kier alpha value is -4.04. The van der Waals surface area contributed by atoms with Gasteiger partial charge in [-0.05, 0) is 36.4 Å². The third-order valence-electron chi connectivity index (χ3n) is 4.97. The first-order chi connectivity index (χ1) is 15.6. The molecule has 1 unspecified atom stereocenters. The minimum atomic E-state index is -0.961. The molecule has 1 atom stereocenters. The van der Waals surface area contributed by atoms with E-state index in [0.717, 1.165) is 5.69 Å². The Balaban J connectivity index is 1.70. The van der Waals surface area contributed by atoms with Crippen LogP contribution in [-0.4, -0.2) is 41.6 Å². The van der Waals surface area contributed by atoms with E-state index < -0.39 is 6.10 Å². The summed E-state index contributed by atoms with van der Waals surface area (Å²) in [4.78, 5) is 13.1. The molecule has 0 aliphatic rings. The van der Waals surface area contributed by atoms with Crippen LogP contribution in [0.25, 0.3) is 16.9 Å². The van der Waals surface area contributed by atoms with Crippen molar-refractivity contribution in [3.8, 4) is 28.4 Å². The maximum atomic E-state index is 13.1. The van der Waals surface area contributed by atoms with Gasteiger partial charge < -0.3 is 24.3 Å². The van der Waals surface area contributed by atoms with E-state index in [1.807, 2.05) is 30.3 Å². The highest BCUT2D eigenvalue weighted by molar-refractivity contribution is 6.00. The van der Waals surface area contributed by atoms with Gasteiger partial charge in [0.15, 0.2) is 0 Å². The van der Waals surface area contributed by atoms with Crippen molar-refractivity contribution < 1.29 is 23.8 Å². The van der Waals surface area contributed by atoms with Gasteiger partial charge >= 0.3 is 0 Å². The SMILES string of the molecule is COc1ccc(-c2nn(-c3ccccc3)cc2C(=O)NCC(O)c2ccco2)c(OC)c1. The Morgan fingerprint density at radius 2 is 1.94 bits per heavy atom. The lowest BCUT2D eigenvalue weighted by molar-refractivity contribution is 0.0901. The second-order valence-electron chi connectivity index (χ2n) is 6.98. The first-order valence-electron chi connectivity index (χ1n) is 9.98. The van der Waals surface area contributed by atoms with Crippen molar-refractivity contribution >= 4 is 5.91 Å². The second kappa shape index (κ2) is 9.40. The zero-order chi connectivity index (χ0) is 22.5. The van der Waals surface area contributed by atoms with E-state index in [1.165, 1.54) is 6.26 Å². The maximum Gasteiger partial charge on any atom is 0.255 e. The fourth-order valence-corrected chi connectivity index (χ4v) is 3.31. The highest BCUT2D eigenvalue weighted by atomic mass is 16.5. The number of carbonyl (C=O) groups is 1. The summed E-state index contributed by atoms with van der Waals surface area (Å²) >= 11 is 0. The summed E-state index contributed by atoms with van der Waals surface area (Å²) in [5, 5.41) is 17.7. The van der Waals surface area contributed by atoms with Gasteiger partial charge in [-0.3, -0.25) is 4.79 Å². The lowest BCUT2D eigenvalue weighted by Crippen LogP contribution is -2.28. The number of aliphatic hydroxyl groups excluding tert-OH is 1. The van der Waals surface area contributed by atoms with Gasteiger partial charge in [0, 0.05) is 17.8 Å². The molecule has 0 saturated carbocycles. The van der Waals surface area contributed by atoms with Crippen LogP contribution in [0, 0.1) is 0 Å². The van der Waals surface area contributed by atoms with Crippen LogP contribution in [0.4, 0.5) is 0 Å². The quantitative estimate of drug-likeness (QED) is 0.440. The van der Waals surface area contributed by atoms with Gasteiger partial charge in [0.25, 0.3) is 5.91 Å². The summed E-state index contributed by atoms with van der Waals surface area (Å²) in [5.74, 6) is 1.14. The molecule has 32 heavy (non-hydrogen) atoms. The van der Waals surface area contributed by atoms with Crippen molar-refractivity contribution in [1.82, 2.24) is 15.1 Å². The number of para-hydroxylation sites is 1. The van der Waals surface area contributed by atoms with Crippen LogP contribution in [-0.2, 0) is 0 Å². The van der Waals surface area contributed by atoms with Gasteiger partial charge in [0.2, 0.25) is 0 Å². The number of aliphatic hydroxyl groups is 1. The van der Waals surface area contributed by atoms with E-state index in [4.69, 9.17) is 13.9 Å². The van der Waals surface area contributed by atoms with Crippen LogP contribution >= 0.6 is 0 Å². The van der Waals surface area contributed by atoms with Gasteiger partial charge in [0.05, 0.1) is 38.3 Å². The highest BCUT2D eigenvalue weighted by Crippen LogP contribution is 2.34. The number of aromatic nitrogens is 2. The van der Waals surface area contributed by atoms with Gasteiger partial charge in [-0.2, -0.15) is 5.10 Å². The van der Waals surface area contributed by atoms with Crippen molar-refractivity contribution in [2.45, 2.75) is 6.10 Å². The number of furan rings is 1. The first kappa shape index (κ1) is 21.2. The van der Waals surface area contributed by atoms with E-state index in [0.29, 0.717) is 34.1 Å². The minimum absolute atomic E-state index is 0.0119. The van der Waals surface area contributed by atoms with E-state index in [2.05, 4.69) is 10.4 Å². The van der Waals surface area contributed by atoms with E-state index in [1.54, 1.807) is 55.4 Å². The summed E-state index contributed by atoms with van der Waals surface area (Å²) in [6.07, 6.45) is 2.17. The molecule has 0 bridgehead atoms. The van der Waals surface area contributed by atoms with Crippen molar-refractivity contribution in [2.75, 3.05) is 20.8 Å². The molecular formula is C24H23N3O5. The predicted octanol–water partition coefficient (Wildman–Crippen LogP) is 3.61. The summed E-state index contributed by atoms with van der Waals surface area (Å²) < 4.78 is 17.6. The zero-order valence-corrected chi connectivity index (χ0v) is 17.7. The minimum Gasteiger partial charge on any atom is -0.497 e. The molecule has 0 saturated heterocycles. The Kier molecular flexibility index (Phi) is 6.23. The largest absolute Gasteiger partial charge is 0.497 e. The first-order valence-corrected chi connectivity index (χ1v) is 9.98.